The summed E-state index contributed by atoms with van der Waals surface area (Å²) in [5.41, 5.74) is 3.72. The maximum Gasteiger partial charge on any atom is 0.407 e. The summed E-state index contributed by atoms with van der Waals surface area (Å²) in [5, 5.41) is 32.0. The Kier molecular flexibility index (Phi) is 11.2. The van der Waals surface area contributed by atoms with Crippen molar-refractivity contribution in [1.29, 1.82) is 0 Å². The molecule has 0 aliphatic heterocycles. The zero-order valence-electron chi connectivity index (χ0n) is 28.5. The van der Waals surface area contributed by atoms with Gasteiger partial charge in [0.15, 0.2) is 0 Å². The summed E-state index contributed by atoms with van der Waals surface area (Å²) in [7, 11) is 0. The van der Waals surface area contributed by atoms with Crippen LogP contribution in [-0.4, -0.2) is 72.8 Å². The molecule has 50 heavy (non-hydrogen) atoms. The van der Waals surface area contributed by atoms with Crippen LogP contribution in [0.4, 0.5) is 10.5 Å². The fourth-order valence-electron chi connectivity index (χ4n) is 5.93. The molecule has 0 bridgehead atoms. The predicted molar refractivity (Wildman–Crippen MR) is 185 cm³/mol. The number of aromatic amines is 1. The number of carboxylic acids is 1. The van der Waals surface area contributed by atoms with Crippen LogP contribution in [0.15, 0.2) is 60.7 Å². The number of rotatable bonds is 11. The van der Waals surface area contributed by atoms with E-state index in [4.69, 9.17) is 4.74 Å². The molecule has 2 heterocycles. The van der Waals surface area contributed by atoms with Gasteiger partial charge in [-0.15, -0.1) is 10.2 Å². The number of aromatic nitrogens is 5. The molecule has 1 saturated carbocycles. The third-order valence-corrected chi connectivity index (χ3v) is 8.55. The lowest BCUT2D eigenvalue weighted by Crippen LogP contribution is -2.48. The first kappa shape index (κ1) is 35.6. The molecular weight excluding hydrogens is 640 g/mol. The molecular formula is C36H42N8O6. The number of hydrogen-bond donors (Lipinski definition) is 5. The van der Waals surface area contributed by atoms with E-state index in [0.717, 1.165) is 35.1 Å². The number of nitrogens with zero attached hydrogens (tertiary/aromatic N) is 4. The van der Waals surface area contributed by atoms with Crippen molar-refractivity contribution in [2.45, 2.75) is 71.4 Å². The Morgan fingerprint density at radius 2 is 1.62 bits per heavy atom. The number of alkyl carbamates (subject to hydrolysis) is 1. The third-order valence-electron chi connectivity index (χ3n) is 8.55. The first-order valence-electron chi connectivity index (χ1n) is 16.6. The molecule has 1 aliphatic rings. The highest BCUT2D eigenvalue weighted by Gasteiger charge is 2.30. The summed E-state index contributed by atoms with van der Waals surface area (Å²) in [6, 6.07) is 16.9. The molecule has 14 heteroatoms. The van der Waals surface area contributed by atoms with E-state index in [1.165, 1.54) is 6.07 Å². The number of aromatic carboxylic acids is 1. The first-order valence-corrected chi connectivity index (χ1v) is 16.6. The zero-order chi connectivity index (χ0) is 35.8. The predicted octanol–water partition coefficient (Wildman–Crippen LogP) is 4.93. The second-order valence-electron chi connectivity index (χ2n) is 13.5. The molecule has 262 valence electrons. The number of tetrazole rings is 1. The number of H-pyrrole nitrogens is 1. The van der Waals surface area contributed by atoms with Crippen molar-refractivity contribution in [1.82, 2.24) is 36.2 Å². The average Bonchev–Trinajstić information content (AvgIpc) is 3.62. The molecule has 3 amide bonds. The molecule has 0 spiro atoms. The van der Waals surface area contributed by atoms with Crippen LogP contribution < -0.4 is 16.0 Å². The molecule has 0 radical (unpaired) electrons. The molecule has 5 rings (SSSR count). The van der Waals surface area contributed by atoms with E-state index in [9.17, 15) is 24.3 Å². The fourth-order valence-corrected chi connectivity index (χ4v) is 5.93. The Morgan fingerprint density at radius 1 is 0.940 bits per heavy atom. The largest absolute Gasteiger partial charge is 0.477 e. The molecule has 1 fully saturated rings. The molecule has 1 atom stereocenters. The highest BCUT2D eigenvalue weighted by Crippen LogP contribution is 2.29. The van der Waals surface area contributed by atoms with Crippen molar-refractivity contribution >= 4 is 29.6 Å². The maximum absolute atomic E-state index is 13.7. The lowest BCUT2D eigenvalue weighted by atomic mass is 9.81. The second-order valence-corrected chi connectivity index (χ2v) is 13.5. The standard InChI is InChI=1S/C36H42N8O6/c1-21-28(17-18-29(38-21)34(47)48)24-9-5-22(6-10-24)19-30(33(46)39-27-15-13-25(14-16-27)31-41-43-44-42-31)40-32(45)26-11-7-23(8-12-26)20-37-35(49)50-36(2,3)4/h5-6,9-10,13-18,23,26,30H,7-8,11-12,19-20H2,1-4H3,(H,37,49)(H,39,46)(H,40,45)(H,47,48)(H,41,42,43,44). The van der Waals surface area contributed by atoms with Crippen molar-refractivity contribution in [3.8, 4) is 22.5 Å². The van der Waals surface area contributed by atoms with Gasteiger partial charge >= 0.3 is 12.1 Å². The topological polar surface area (TPSA) is 201 Å². The van der Waals surface area contributed by atoms with Gasteiger partial charge in [0.2, 0.25) is 17.6 Å². The highest BCUT2D eigenvalue weighted by molar-refractivity contribution is 5.97. The van der Waals surface area contributed by atoms with Gasteiger partial charge in [-0.05, 0) is 106 Å². The number of pyridine rings is 1. The summed E-state index contributed by atoms with van der Waals surface area (Å²) >= 11 is 0. The number of nitrogens with one attached hydrogen (secondary N) is 4. The van der Waals surface area contributed by atoms with E-state index < -0.39 is 23.7 Å². The summed E-state index contributed by atoms with van der Waals surface area (Å²) < 4.78 is 5.33. The number of benzene rings is 2. The molecule has 2 aromatic heterocycles. The number of carbonyl (C=O) groups is 4. The number of amides is 3. The van der Waals surface area contributed by atoms with Crippen LogP contribution in [0.2, 0.25) is 0 Å². The van der Waals surface area contributed by atoms with Crippen LogP contribution >= 0.6 is 0 Å². The van der Waals surface area contributed by atoms with E-state index in [-0.39, 0.29) is 35.8 Å². The minimum atomic E-state index is -1.09. The maximum atomic E-state index is 13.7. The molecule has 1 aliphatic carbocycles. The minimum absolute atomic E-state index is 0.0251. The zero-order valence-corrected chi connectivity index (χ0v) is 28.5. The van der Waals surface area contributed by atoms with E-state index >= 15 is 0 Å². The smallest absolute Gasteiger partial charge is 0.407 e. The van der Waals surface area contributed by atoms with Crippen molar-refractivity contribution in [3.05, 3.63) is 77.6 Å². The van der Waals surface area contributed by atoms with Gasteiger partial charge in [0, 0.05) is 41.4 Å². The van der Waals surface area contributed by atoms with Crippen molar-refractivity contribution in [3.63, 3.8) is 0 Å². The van der Waals surface area contributed by atoms with Gasteiger partial charge < -0.3 is 25.8 Å². The van der Waals surface area contributed by atoms with Gasteiger partial charge in [-0.1, -0.05) is 30.3 Å². The fraction of sp³-hybridized carbons (Fsp3) is 0.389. The van der Waals surface area contributed by atoms with Crippen LogP contribution in [0, 0.1) is 18.8 Å². The second kappa shape index (κ2) is 15.7. The monoisotopic (exact) mass is 682 g/mol. The third kappa shape index (κ3) is 9.71. The lowest BCUT2D eigenvalue weighted by molar-refractivity contribution is -0.130. The number of carboxylic acid groups (broad SMARTS) is 1. The summed E-state index contributed by atoms with van der Waals surface area (Å²) in [6.07, 6.45) is 2.60. The molecule has 0 saturated heterocycles. The Balaban J connectivity index is 1.25. The van der Waals surface area contributed by atoms with Crippen LogP contribution in [0.3, 0.4) is 0 Å². The quantitative estimate of drug-likeness (QED) is 0.144. The number of ether oxygens (including phenoxy) is 1. The van der Waals surface area contributed by atoms with Crippen LogP contribution in [0.1, 0.15) is 68.2 Å². The van der Waals surface area contributed by atoms with Crippen LogP contribution in [0.5, 0.6) is 0 Å². The Hall–Kier alpha value is -5.66. The molecule has 2 aromatic carbocycles. The summed E-state index contributed by atoms with van der Waals surface area (Å²) in [5.74, 6) is -1.24. The SMILES string of the molecule is Cc1nc(C(=O)O)ccc1-c1ccc(CC(NC(=O)C2CCC(CNC(=O)OC(C)(C)C)CC2)C(=O)Nc2ccc(-c3nn[nH]n3)cc2)cc1. The normalized spacial score (nSPS) is 16.6. The van der Waals surface area contributed by atoms with Crippen LogP contribution in [0.25, 0.3) is 22.5 Å². The van der Waals surface area contributed by atoms with Gasteiger partial charge in [-0.3, -0.25) is 9.59 Å². The van der Waals surface area contributed by atoms with Crippen molar-refractivity contribution < 1.29 is 29.0 Å². The van der Waals surface area contributed by atoms with E-state index in [1.54, 1.807) is 37.3 Å². The number of anilines is 1. The number of aryl methyl sites for hydroxylation is 1. The average molecular weight is 683 g/mol. The Labute approximate surface area is 289 Å². The van der Waals surface area contributed by atoms with Gasteiger partial charge in [0.05, 0.1) is 0 Å². The van der Waals surface area contributed by atoms with E-state index in [2.05, 4.69) is 41.6 Å². The Bertz CT molecular complexity index is 1800. The number of carbonyl (C=O) groups excluding carboxylic acids is 3. The molecule has 1 unspecified atom stereocenters. The highest BCUT2D eigenvalue weighted by atomic mass is 16.6. The van der Waals surface area contributed by atoms with E-state index in [0.29, 0.717) is 36.6 Å². The summed E-state index contributed by atoms with van der Waals surface area (Å²) in [4.78, 5) is 54.8. The van der Waals surface area contributed by atoms with Gasteiger partial charge in [-0.25, -0.2) is 14.6 Å². The van der Waals surface area contributed by atoms with Crippen LogP contribution in [-0.2, 0) is 20.7 Å². The lowest BCUT2D eigenvalue weighted by Gasteiger charge is -2.29. The minimum Gasteiger partial charge on any atom is -0.477 e. The van der Waals surface area contributed by atoms with Gasteiger partial charge in [-0.2, -0.15) is 5.21 Å². The first-order chi connectivity index (χ1) is 23.8. The van der Waals surface area contributed by atoms with Gasteiger partial charge in [0.25, 0.3) is 0 Å². The molecule has 4 aromatic rings. The van der Waals surface area contributed by atoms with Gasteiger partial charge in [0.1, 0.15) is 17.3 Å². The van der Waals surface area contributed by atoms with Crippen molar-refractivity contribution in [2.75, 3.05) is 11.9 Å². The van der Waals surface area contributed by atoms with Crippen molar-refractivity contribution in [2.24, 2.45) is 11.8 Å². The Morgan fingerprint density at radius 3 is 2.22 bits per heavy atom. The number of hydrogen-bond acceptors (Lipinski definition) is 9. The van der Waals surface area contributed by atoms with E-state index in [1.807, 2.05) is 45.0 Å². The summed E-state index contributed by atoms with van der Waals surface area (Å²) in [6.45, 7) is 7.68. The molecule has 5 N–H and O–H groups in total. The molecule has 14 nitrogen and oxygen atoms in total.